The maximum atomic E-state index is 13.2. The number of aryl methyl sites for hydroxylation is 1. The van der Waals surface area contributed by atoms with Crippen LogP contribution in [0.1, 0.15) is 11.3 Å². The fraction of sp³-hybridized carbons (Fsp3) is 0.381. The Morgan fingerprint density at radius 1 is 1.41 bits per heavy atom. The molecule has 2 saturated heterocycles. The second-order valence-corrected chi connectivity index (χ2v) is 7.69. The minimum Gasteiger partial charge on any atom is -0.497 e. The van der Waals surface area contributed by atoms with Gasteiger partial charge in [0, 0.05) is 12.6 Å². The molecule has 0 unspecified atom stereocenters. The van der Waals surface area contributed by atoms with E-state index in [2.05, 4.69) is 10.5 Å². The van der Waals surface area contributed by atoms with Crippen molar-refractivity contribution in [3.8, 4) is 5.75 Å². The Hall–Kier alpha value is -3.13. The van der Waals surface area contributed by atoms with E-state index in [9.17, 15) is 9.59 Å². The number of benzene rings is 1. The van der Waals surface area contributed by atoms with Crippen LogP contribution in [0.15, 0.2) is 47.0 Å². The first-order valence-electron chi connectivity index (χ1n) is 9.53. The van der Waals surface area contributed by atoms with E-state index in [1.807, 2.05) is 36.4 Å². The minimum atomic E-state index is -0.785. The van der Waals surface area contributed by atoms with Crippen LogP contribution >= 0.6 is 0 Å². The number of ether oxygens (including phenoxy) is 2. The van der Waals surface area contributed by atoms with E-state index < -0.39 is 23.5 Å². The summed E-state index contributed by atoms with van der Waals surface area (Å²) in [5.41, 5.74) is 0.136. The van der Waals surface area contributed by atoms with Crippen molar-refractivity contribution in [1.29, 1.82) is 0 Å². The molecule has 2 fully saturated rings. The van der Waals surface area contributed by atoms with Crippen molar-refractivity contribution >= 4 is 17.6 Å². The van der Waals surface area contributed by atoms with E-state index in [1.165, 1.54) is 0 Å². The van der Waals surface area contributed by atoms with Crippen LogP contribution in [0.3, 0.4) is 0 Å². The lowest BCUT2D eigenvalue weighted by Gasteiger charge is -2.23. The average Bonchev–Trinajstić information content (AvgIpc) is 3.47. The van der Waals surface area contributed by atoms with Gasteiger partial charge in [0.1, 0.15) is 17.1 Å². The van der Waals surface area contributed by atoms with Crippen LogP contribution in [0.4, 0.5) is 5.82 Å². The molecule has 0 saturated carbocycles. The first kappa shape index (κ1) is 17.9. The topological polar surface area (TPSA) is 93.9 Å². The highest BCUT2D eigenvalue weighted by atomic mass is 16.5. The van der Waals surface area contributed by atoms with E-state index in [1.54, 1.807) is 25.0 Å². The number of amides is 2. The summed E-state index contributed by atoms with van der Waals surface area (Å²) < 4.78 is 16.5. The first-order chi connectivity index (χ1) is 14.0. The van der Waals surface area contributed by atoms with E-state index in [0.29, 0.717) is 24.7 Å². The van der Waals surface area contributed by atoms with Crippen LogP contribution in [0, 0.1) is 18.8 Å². The molecule has 1 aromatic heterocycles. The van der Waals surface area contributed by atoms with Gasteiger partial charge in [-0.3, -0.25) is 14.5 Å². The Bertz CT molecular complexity index is 1020. The number of nitrogens with zero attached hydrogens (tertiary/aromatic N) is 2. The van der Waals surface area contributed by atoms with Gasteiger partial charge in [0.25, 0.3) is 0 Å². The third kappa shape index (κ3) is 2.74. The van der Waals surface area contributed by atoms with Gasteiger partial charge in [0.05, 0.1) is 31.6 Å². The predicted octanol–water partition coefficient (Wildman–Crippen LogP) is 1.59. The molecule has 2 bridgehead atoms. The Kier molecular flexibility index (Phi) is 3.99. The van der Waals surface area contributed by atoms with Crippen LogP contribution < -0.4 is 15.0 Å². The fourth-order valence-corrected chi connectivity index (χ4v) is 4.56. The number of hydrogen-bond acceptors (Lipinski definition) is 6. The molecule has 3 aliphatic rings. The molecule has 4 heterocycles. The van der Waals surface area contributed by atoms with Crippen LogP contribution in [-0.4, -0.2) is 42.3 Å². The lowest BCUT2D eigenvalue weighted by molar-refractivity contribution is -0.132. The van der Waals surface area contributed by atoms with Gasteiger partial charge in [-0.25, -0.2) is 0 Å². The molecular weight excluding hydrogens is 374 g/mol. The summed E-state index contributed by atoms with van der Waals surface area (Å²) >= 11 is 0. The quantitative estimate of drug-likeness (QED) is 0.773. The zero-order valence-corrected chi connectivity index (χ0v) is 16.1. The fourth-order valence-electron chi connectivity index (χ4n) is 4.56. The lowest BCUT2D eigenvalue weighted by Crippen LogP contribution is -2.44. The van der Waals surface area contributed by atoms with E-state index in [4.69, 9.17) is 14.0 Å². The second kappa shape index (κ2) is 6.45. The molecule has 3 aliphatic heterocycles. The number of rotatable bonds is 5. The average molecular weight is 395 g/mol. The van der Waals surface area contributed by atoms with Gasteiger partial charge in [-0.15, -0.1) is 0 Å². The van der Waals surface area contributed by atoms with E-state index in [-0.39, 0.29) is 11.8 Å². The number of carbonyl (C=O) groups excluding carboxylic acids is 2. The Morgan fingerprint density at radius 3 is 3.03 bits per heavy atom. The molecule has 0 radical (unpaired) electrons. The second-order valence-electron chi connectivity index (χ2n) is 7.69. The number of fused-ring (bicyclic) bond motifs is 1. The number of hydrogen-bond donors (Lipinski definition) is 1. The maximum Gasteiger partial charge on any atom is 0.235 e. The molecule has 150 valence electrons. The molecular formula is C21H21N3O5. The molecule has 4 atom stereocenters. The standard InChI is InChI=1S/C21H21N3O5/c1-12-8-16(23-29-12)24-11-21-7-6-15(28-21)17(18(21)20(24)26)19(25)22-10-13-4-3-5-14(9-13)27-2/h3-9,15,17-18H,10-11H2,1-2H3,(H,22,25)/t15-,17-,18+,21+/m1/s1. The van der Waals surface area contributed by atoms with Gasteiger partial charge in [0.15, 0.2) is 5.82 Å². The minimum absolute atomic E-state index is 0.160. The molecule has 29 heavy (non-hydrogen) atoms. The molecule has 1 N–H and O–H groups in total. The molecule has 8 nitrogen and oxygen atoms in total. The molecule has 2 amide bonds. The van der Waals surface area contributed by atoms with Gasteiger partial charge in [-0.05, 0) is 24.6 Å². The summed E-state index contributed by atoms with van der Waals surface area (Å²) in [6, 6.07) is 9.22. The number of aromatic nitrogens is 1. The summed E-state index contributed by atoms with van der Waals surface area (Å²) in [6.07, 6.45) is 3.41. The van der Waals surface area contributed by atoms with Crippen molar-refractivity contribution in [2.24, 2.45) is 11.8 Å². The monoisotopic (exact) mass is 395 g/mol. The van der Waals surface area contributed by atoms with Gasteiger partial charge in [0.2, 0.25) is 11.8 Å². The molecule has 5 rings (SSSR count). The Morgan fingerprint density at radius 2 is 2.28 bits per heavy atom. The van der Waals surface area contributed by atoms with Gasteiger partial charge in [-0.1, -0.05) is 29.4 Å². The van der Waals surface area contributed by atoms with E-state index in [0.717, 1.165) is 11.3 Å². The highest BCUT2D eigenvalue weighted by molar-refractivity contribution is 6.02. The molecule has 8 heteroatoms. The number of carbonyl (C=O) groups is 2. The van der Waals surface area contributed by atoms with Crippen molar-refractivity contribution in [2.75, 3.05) is 18.6 Å². The zero-order valence-electron chi connectivity index (χ0n) is 16.1. The summed E-state index contributed by atoms with van der Waals surface area (Å²) in [4.78, 5) is 27.8. The predicted molar refractivity (Wildman–Crippen MR) is 102 cm³/mol. The van der Waals surface area contributed by atoms with Gasteiger partial charge >= 0.3 is 0 Å². The highest BCUT2D eigenvalue weighted by Crippen LogP contribution is 2.52. The maximum absolute atomic E-state index is 13.2. The third-order valence-electron chi connectivity index (χ3n) is 5.90. The highest BCUT2D eigenvalue weighted by Gasteiger charge is 2.67. The Balaban J connectivity index is 1.35. The zero-order chi connectivity index (χ0) is 20.2. The molecule has 1 aromatic carbocycles. The van der Waals surface area contributed by atoms with Crippen molar-refractivity contribution in [2.45, 2.75) is 25.2 Å². The van der Waals surface area contributed by atoms with Gasteiger partial charge in [-0.2, -0.15) is 0 Å². The summed E-state index contributed by atoms with van der Waals surface area (Å²) in [7, 11) is 1.60. The van der Waals surface area contributed by atoms with Crippen molar-refractivity contribution in [3.63, 3.8) is 0 Å². The number of nitrogens with one attached hydrogen (secondary N) is 1. The first-order valence-corrected chi connectivity index (χ1v) is 9.53. The van der Waals surface area contributed by atoms with Crippen molar-refractivity contribution in [3.05, 3.63) is 53.8 Å². The largest absolute Gasteiger partial charge is 0.497 e. The summed E-state index contributed by atoms with van der Waals surface area (Å²) in [5.74, 6) is 0.303. The van der Waals surface area contributed by atoms with Crippen LogP contribution in [-0.2, 0) is 20.9 Å². The Labute approximate surface area is 167 Å². The van der Waals surface area contributed by atoms with Crippen LogP contribution in [0.2, 0.25) is 0 Å². The summed E-state index contributed by atoms with van der Waals surface area (Å²) in [6.45, 7) is 2.45. The molecule has 0 aliphatic carbocycles. The number of methoxy groups -OCH3 is 1. The van der Waals surface area contributed by atoms with Crippen LogP contribution in [0.5, 0.6) is 5.75 Å². The molecule has 1 spiro atoms. The van der Waals surface area contributed by atoms with Crippen LogP contribution in [0.25, 0.3) is 0 Å². The van der Waals surface area contributed by atoms with Crippen molar-refractivity contribution in [1.82, 2.24) is 10.5 Å². The molecule has 2 aromatic rings. The lowest BCUT2D eigenvalue weighted by atomic mass is 9.77. The van der Waals surface area contributed by atoms with Crippen molar-refractivity contribution < 1.29 is 23.6 Å². The smallest absolute Gasteiger partial charge is 0.235 e. The third-order valence-corrected chi connectivity index (χ3v) is 5.90. The summed E-state index contributed by atoms with van der Waals surface area (Å²) in [5, 5.41) is 6.91. The van der Waals surface area contributed by atoms with E-state index >= 15 is 0 Å². The number of anilines is 1. The SMILES string of the molecule is COc1cccc(CNC(=O)[C@H]2[C@H]3C(=O)N(c4cc(C)on4)C[C@@]34C=C[C@H]2O4)c1. The van der Waals surface area contributed by atoms with Gasteiger partial charge < -0.3 is 19.3 Å². The normalized spacial score (nSPS) is 29.4.